The molecule has 26 heavy (non-hydrogen) atoms. The molecule has 9 heteroatoms. The first kappa shape index (κ1) is 20.6. The maximum absolute atomic E-state index is 13.0. The standard InChI is InChI=1S/C17H22ClN3O4.ClH/c18-13-7-11(8-14-16(13)25-10-24-14)17(23)21-6-2-1-3-12(21)9-20-15(22)4-5-19;/h7-8,12H,1-6,9-10,19H2,(H,20,22);1H. The molecule has 144 valence electrons. The normalized spacial score (nSPS) is 18.2. The van der Waals surface area contributed by atoms with Crippen molar-refractivity contribution in [2.45, 2.75) is 31.7 Å². The number of nitrogens with one attached hydrogen (secondary N) is 1. The second kappa shape index (κ2) is 9.30. The highest BCUT2D eigenvalue weighted by Crippen LogP contribution is 2.40. The first-order valence-corrected chi connectivity index (χ1v) is 8.85. The highest BCUT2D eigenvalue weighted by atomic mass is 35.5. The molecule has 0 aliphatic carbocycles. The van der Waals surface area contributed by atoms with E-state index in [2.05, 4.69) is 5.32 Å². The molecule has 1 fully saturated rings. The largest absolute Gasteiger partial charge is 0.454 e. The Morgan fingerprint density at radius 1 is 1.31 bits per heavy atom. The number of carbonyl (C=O) groups excluding carboxylic acids is 2. The lowest BCUT2D eigenvalue weighted by molar-refractivity contribution is -0.121. The van der Waals surface area contributed by atoms with Crippen LogP contribution in [0.15, 0.2) is 12.1 Å². The quantitative estimate of drug-likeness (QED) is 0.783. The number of amides is 2. The summed E-state index contributed by atoms with van der Waals surface area (Å²) in [5.74, 6) is 0.757. The van der Waals surface area contributed by atoms with E-state index >= 15 is 0 Å². The van der Waals surface area contributed by atoms with E-state index in [9.17, 15) is 9.59 Å². The molecule has 3 rings (SSSR count). The minimum absolute atomic E-state index is 0. The van der Waals surface area contributed by atoms with Crippen LogP contribution in [0.5, 0.6) is 11.5 Å². The van der Waals surface area contributed by atoms with Crippen LogP contribution < -0.4 is 20.5 Å². The first-order valence-electron chi connectivity index (χ1n) is 8.47. The summed E-state index contributed by atoms with van der Waals surface area (Å²) in [5, 5.41) is 3.22. The van der Waals surface area contributed by atoms with Crippen molar-refractivity contribution in [3.05, 3.63) is 22.7 Å². The van der Waals surface area contributed by atoms with E-state index < -0.39 is 0 Å². The third kappa shape index (κ3) is 4.52. The molecule has 2 aliphatic rings. The van der Waals surface area contributed by atoms with Gasteiger partial charge in [-0.05, 0) is 31.4 Å². The van der Waals surface area contributed by atoms with Crippen molar-refractivity contribution in [2.24, 2.45) is 5.73 Å². The monoisotopic (exact) mass is 403 g/mol. The second-order valence-corrected chi connectivity index (χ2v) is 6.59. The van der Waals surface area contributed by atoms with Crippen molar-refractivity contribution >= 4 is 35.8 Å². The zero-order valence-electron chi connectivity index (χ0n) is 14.3. The van der Waals surface area contributed by atoms with E-state index in [1.807, 2.05) is 0 Å². The third-order valence-corrected chi connectivity index (χ3v) is 4.75. The van der Waals surface area contributed by atoms with Crippen LogP contribution in [-0.4, -0.2) is 49.2 Å². The number of fused-ring (bicyclic) bond motifs is 1. The highest BCUT2D eigenvalue weighted by Gasteiger charge is 2.29. The Kier molecular flexibility index (Phi) is 7.37. The van der Waals surface area contributed by atoms with E-state index in [0.717, 1.165) is 19.3 Å². The zero-order chi connectivity index (χ0) is 17.8. The van der Waals surface area contributed by atoms with Gasteiger partial charge in [-0.1, -0.05) is 11.6 Å². The molecule has 0 aromatic heterocycles. The molecular weight excluding hydrogens is 381 g/mol. The summed E-state index contributed by atoms with van der Waals surface area (Å²) < 4.78 is 10.6. The average molecular weight is 404 g/mol. The Labute approximate surface area is 163 Å². The van der Waals surface area contributed by atoms with Crippen LogP contribution in [0.25, 0.3) is 0 Å². The summed E-state index contributed by atoms with van der Waals surface area (Å²) in [4.78, 5) is 26.4. The van der Waals surface area contributed by atoms with Crippen molar-refractivity contribution in [1.82, 2.24) is 10.2 Å². The molecule has 0 radical (unpaired) electrons. The number of benzene rings is 1. The van der Waals surface area contributed by atoms with Gasteiger partial charge < -0.3 is 25.4 Å². The van der Waals surface area contributed by atoms with Crippen LogP contribution in [0.1, 0.15) is 36.0 Å². The predicted octanol–water partition coefficient (Wildman–Crippen LogP) is 1.95. The van der Waals surface area contributed by atoms with Crippen LogP contribution in [0.2, 0.25) is 5.02 Å². The lowest BCUT2D eigenvalue weighted by atomic mass is 10.0. The third-order valence-electron chi connectivity index (χ3n) is 4.47. The fraction of sp³-hybridized carbons (Fsp3) is 0.529. The molecule has 1 aromatic rings. The average Bonchev–Trinajstić information content (AvgIpc) is 3.09. The van der Waals surface area contributed by atoms with E-state index in [1.165, 1.54) is 0 Å². The highest BCUT2D eigenvalue weighted by molar-refractivity contribution is 6.32. The number of halogens is 2. The molecule has 1 saturated heterocycles. The molecule has 0 spiro atoms. The molecule has 2 amide bonds. The molecule has 7 nitrogen and oxygen atoms in total. The molecule has 0 saturated carbocycles. The van der Waals surface area contributed by atoms with Crippen LogP contribution in [-0.2, 0) is 4.79 Å². The topological polar surface area (TPSA) is 93.9 Å². The number of ether oxygens (including phenoxy) is 2. The van der Waals surface area contributed by atoms with Crippen LogP contribution in [0, 0.1) is 0 Å². The minimum atomic E-state index is -0.113. The summed E-state index contributed by atoms with van der Waals surface area (Å²) in [6, 6.07) is 3.23. The summed E-state index contributed by atoms with van der Waals surface area (Å²) in [6.07, 6.45) is 3.12. The van der Waals surface area contributed by atoms with E-state index in [-0.39, 0.29) is 37.1 Å². The minimum Gasteiger partial charge on any atom is -0.454 e. The number of carbonyl (C=O) groups is 2. The maximum atomic E-state index is 13.0. The van der Waals surface area contributed by atoms with Crippen LogP contribution in [0.3, 0.4) is 0 Å². The van der Waals surface area contributed by atoms with Gasteiger partial charge in [0.25, 0.3) is 5.91 Å². The van der Waals surface area contributed by atoms with Crippen molar-refractivity contribution in [3.63, 3.8) is 0 Å². The first-order chi connectivity index (χ1) is 12.1. The number of piperidine rings is 1. The van der Waals surface area contributed by atoms with Crippen LogP contribution in [0.4, 0.5) is 0 Å². The molecule has 1 atom stereocenters. The lowest BCUT2D eigenvalue weighted by Gasteiger charge is -2.36. The number of nitrogens with two attached hydrogens (primary N) is 1. The number of nitrogens with zero attached hydrogens (tertiary/aromatic N) is 1. The van der Waals surface area contributed by atoms with E-state index in [4.69, 9.17) is 26.8 Å². The van der Waals surface area contributed by atoms with E-state index in [1.54, 1.807) is 17.0 Å². The Morgan fingerprint density at radius 3 is 2.88 bits per heavy atom. The number of likely N-dealkylation sites (tertiary alicyclic amines) is 1. The van der Waals surface area contributed by atoms with Gasteiger partial charge in [0.05, 0.1) is 5.02 Å². The van der Waals surface area contributed by atoms with Gasteiger partial charge in [0, 0.05) is 37.7 Å². The van der Waals surface area contributed by atoms with Crippen molar-refractivity contribution in [1.29, 1.82) is 0 Å². The van der Waals surface area contributed by atoms with Crippen molar-refractivity contribution in [2.75, 3.05) is 26.4 Å². The Balaban J connectivity index is 0.00000243. The molecule has 1 aromatic carbocycles. The summed E-state index contributed by atoms with van der Waals surface area (Å²) in [6.45, 7) is 1.51. The Bertz CT molecular complexity index is 672. The van der Waals surface area contributed by atoms with Gasteiger partial charge in [-0.15, -0.1) is 12.4 Å². The van der Waals surface area contributed by atoms with Gasteiger partial charge in [0.2, 0.25) is 12.7 Å². The second-order valence-electron chi connectivity index (χ2n) is 6.18. The van der Waals surface area contributed by atoms with Crippen molar-refractivity contribution in [3.8, 4) is 11.5 Å². The van der Waals surface area contributed by atoms with Gasteiger partial charge in [-0.2, -0.15) is 0 Å². The Morgan fingerprint density at radius 2 is 2.12 bits per heavy atom. The van der Waals surface area contributed by atoms with Gasteiger partial charge in [0.15, 0.2) is 11.5 Å². The summed E-state index contributed by atoms with van der Waals surface area (Å²) in [5.41, 5.74) is 5.86. The fourth-order valence-corrected chi connectivity index (χ4v) is 3.45. The molecule has 2 heterocycles. The molecule has 2 aliphatic heterocycles. The lowest BCUT2D eigenvalue weighted by Crippen LogP contribution is -2.49. The summed E-state index contributed by atoms with van der Waals surface area (Å²) >= 11 is 6.19. The SMILES string of the molecule is Cl.NCCC(=O)NCC1CCCCN1C(=O)c1cc(Cl)c2c(c1)OCO2. The Hall–Kier alpha value is -1.70. The molecule has 0 bridgehead atoms. The van der Waals surface area contributed by atoms with Gasteiger partial charge in [0.1, 0.15) is 0 Å². The maximum Gasteiger partial charge on any atom is 0.254 e. The summed E-state index contributed by atoms with van der Waals surface area (Å²) in [7, 11) is 0. The van der Waals surface area contributed by atoms with E-state index in [0.29, 0.717) is 48.1 Å². The van der Waals surface area contributed by atoms with Gasteiger partial charge in [-0.3, -0.25) is 9.59 Å². The fourth-order valence-electron chi connectivity index (χ4n) is 3.19. The number of hydrogen-bond donors (Lipinski definition) is 2. The predicted molar refractivity (Wildman–Crippen MR) is 100 cm³/mol. The number of rotatable bonds is 5. The number of hydrogen-bond acceptors (Lipinski definition) is 5. The van der Waals surface area contributed by atoms with Gasteiger partial charge >= 0.3 is 0 Å². The molecule has 3 N–H and O–H groups in total. The smallest absolute Gasteiger partial charge is 0.254 e. The zero-order valence-corrected chi connectivity index (χ0v) is 15.9. The van der Waals surface area contributed by atoms with Crippen molar-refractivity contribution < 1.29 is 19.1 Å². The van der Waals surface area contributed by atoms with Crippen LogP contribution >= 0.6 is 24.0 Å². The molecular formula is C17H23Cl2N3O4. The molecule has 1 unspecified atom stereocenters. The van der Waals surface area contributed by atoms with Gasteiger partial charge in [-0.25, -0.2) is 0 Å².